The molecule has 0 atom stereocenters. The maximum atomic E-state index is 13.2. The molecule has 4 aromatic carbocycles. The standard InChI is InChI=1S/C27H22N2O2S/c30-26(28-24-18-10-11-19-25(24)32-23-16-8-3-9-17-23)27(31)29(22-14-6-2-7-15-22)20-21-12-4-1-5-13-21/h1-19H,20H2,(H,28,30). The Labute approximate surface area is 191 Å². The number of hydrogen-bond donors (Lipinski definition) is 1. The molecule has 4 rings (SSSR count). The van der Waals surface area contributed by atoms with Crippen LogP contribution in [0, 0.1) is 0 Å². The molecule has 0 heterocycles. The van der Waals surface area contributed by atoms with Crippen LogP contribution in [-0.2, 0) is 16.1 Å². The van der Waals surface area contributed by atoms with Crippen LogP contribution < -0.4 is 10.2 Å². The second-order valence-corrected chi connectivity index (χ2v) is 8.19. The Morgan fingerprint density at radius 3 is 1.94 bits per heavy atom. The Kier molecular flexibility index (Phi) is 7.00. The zero-order valence-corrected chi connectivity index (χ0v) is 18.2. The van der Waals surface area contributed by atoms with E-state index in [-0.39, 0.29) is 0 Å². The lowest BCUT2D eigenvalue weighted by Crippen LogP contribution is -2.39. The Balaban J connectivity index is 1.56. The average Bonchev–Trinajstić information content (AvgIpc) is 2.85. The number of benzene rings is 4. The summed E-state index contributed by atoms with van der Waals surface area (Å²) < 4.78 is 0. The Morgan fingerprint density at radius 1 is 0.688 bits per heavy atom. The molecule has 158 valence electrons. The van der Waals surface area contributed by atoms with Gasteiger partial charge in [0.25, 0.3) is 0 Å². The second-order valence-electron chi connectivity index (χ2n) is 7.08. The third kappa shape index (κ3) is 5.45. The van der Waals surface area contributed by atoms with Gasteiger partial charge in [-0.1, -0.05) is 90.6 Å². The maximum Gasteiger partial charge on any atom is 0.316 e. The molecule has 0 aliphatic rings. The number of hydrogen-bond acceptors (Lipinski definition) is 3. The summed E-state index contributed by atoms with van der Waals surface area (Å²) >= 11 is 1.54. The van der Waals surface area contributed by atoms with E-state index in [1.165, 1.54) is 16.7 Å². The van der Waals surface area contributed by atoms with E-state index in [0.29, 0.717) is 17.9 Å². The van der Waals surface area contributed by atoms with Crippen LogP contribution in [0.15, 0.2) is 125 Å². The third-order valence-electron chi connectivity index (χ3n) is 4.80. The molecule has 0 fully saturated rings. The van der Waals surface area contributed by atoms with Gasteiger partial charge in [-0.15, -0.1) is 0 Å². The quantitative estimate of drug-likeness (QED) is 0.375. The van der Waals surface area contributed by atoms with Gasteiger partial charge in [0.05, 0.1) is 12.2 Å². The summed E-state index contributed by atoms with van der Waals surface area (Å²) in [5, 5.41) is 2.82. The van der Waals surface area contributed by atoms with Gasteiger partial charge in [-0.2, -0.15) is 0 Å². The van der Waals surface area contributed by atoms with Gasteiger partial charge in [-0.25, -0.2) is 0 Å². The number of amides is 2. The molecule has 0 radical (unpaired) electrons. The van der Waals surface area contributed by atoms with Crippen LogP contribution in [0.3, 0.4) is 0 Å². The zero-order chi connectivity index (χ0) is 22.2. The third-order valence-corrected chi connectivity index (χ3v) is 5.88. The van der Waals surface area contributed by atoms with E-state index >= 15 is 0 Å². The van der Waals surface area contributed by atoms with Crippen LogP contribution in [0.5, 0.6) is 0 Å². The molecule has 32 heavy (non-hydrogen) atoms. The summed E-state index contributed by atoms with van der Waals surface area (Å²) in [6.45, 7) is 0.303. The predicted octanol–water partition coefficient (Wildman–Crippen LogP) is 6.01. The molecule has 0 spiro atoms. The van der Waals surface area contributed by atoms with E-state index in [9.17, 15) is 9.59 Å². The highest BCUT2D eigenvalue weighted by Gasteiger charge is 2.24. The Bertz CT molecular complexity index is 1180. The van der Waals surface area contributed by atoms with Crippen molar-refractivity contribution in [3.63, 3.8) is 0 Å². The van der Waals surface area contributed by atoms with E-state index in [2.05, 4.69) is 5.32 Å². The lowest BCUT2D eigenvalue weighted by atomic mass is 10.2. The van der Waals surface area contributed by atoms with Gasteiger partial charge in [0, 0.05) is 15.5 Å². The smallest absolute Gasteiger partial charge is 0.316 e. The van der Waals surface area contributed by atoms with Crippen molar-refractivity contribution in [1.29, 1.82) is 0 Å². The number of para-hydroxylation sites is 2. The van der Waals surface area contributed by atoms with Crippen LogP contribution in [0.1, 0.15) is 5.56 Å². The minimum Gasteiger partial charge on any atom is -0.317 e. The molecule has 0 bridgehead atoms. The molecule has 4 nitrogen and oxygen atoms in total. The van der Waals surface area contributed by atoms with Gasteiger partial charge < -0.3 is 5.32 Å². The Hall–Kier alpha value is -3.83. The first-order valence-electron chi connectivity index (χ1n) is 10.2. The Morgan fingerprint density at radius 2 is 1.25 bits per heavy atom. The minimum atomic E-state index is -0.675. The van der Waals surface area contributed by atoms with Gasteiger partial charge in [-0.3, -0.25) is 14.5 Å². The van der Waals surface area contributed by atoms with Crippen molar-refractivity contribution in [2.24, 2.45) is 0 Å². The van der Waals surface area contributed by atoms with Gasteiger partial charge >= 0.3 is 11.8 Å². The van der Waals surface area contributed by atoms with E-state index in [0.717, 1.165) is 15.4 Å². The first-order chi connectivity index (χ1) is 15.7. The minimum absolute atomic E-state index is 0.303. The molecule has 5 heteroatoms. The largest absolute Gasteiger partial charge is 0.317 e. The van der Waals surface area contributed by atoms with E-state index < -0.39 is 11.8 Å². The second kappa shape index (κ2) is 10.5. The average molecular weight is 439 g/mol. The molecule has 0 unspecified atom stereocenters. The van der Waals surface area contributed by atoms with Crippen molar-refractivity contribution in [1.82, 2.24) is 0 Å². The topological polar surface area (TPSA) is 49.4 Å². The maximum absolute atomic E-state index is 13.2. The lowest BCUT2D eigenvalue weighted by Gasteiger charge is -2.22. The number of anilines is 2. The SMILES string of the molecule is O=C(Nc1ccccc1Sc1ccccc1)C(=O)N(Cc1ccccc1)c1ccccc1. The number of nitrogens with zero attached hydrogens (tertiary/aromatic N) is 1. The molecular weight excluding hydrogens is 416 g/mol. The van der Waals surface area contributed by atoms with E-state index in [1.54, 1.807) is 6.07 Å². The summed E-state index contributed by atoms with van der Waals surface area (Å²) in [6, 6.07) is 36.3. The number of carbonyl (C=O) groups is 2. The molecule has 1 N–H and O–H groups in total. The van der Waals surface area contributed by atoms with E-state index in [1.807, 2.05) is 109 Å². The first kappa shape index (κ1) is 21.4. The molecule has 0 aliphatic carbocycles. The highest BCUT2D eigenvalue weighted by atomic mass is 32.2. The molecular formula is C27H22N2O2S. The normalized spacial score (nSPS) is 10.4. The fourth-order valence-electron chi connectivity index (χ4n) is 3.23. The summed E-state index contributed by atoms with van der Waals surface area (Å²) in [4.78, 5) is 29.7. The van der Waals surface area contributed by atoms with Crippen LogP contribution in [0.4, 0.5) is 11.4 Å². The summed E-state index contributed by atoms with van der Waals surface area (Å²) in [5.74, 6) is -1.29. The highest BCUT2D eigenvalue weighted by Crippen LogP contribution is 2.33. The summed E-state index contributed by atoms with van der Waals surface area (Å²) in [6.07, 6.45) is 0. The van der Waals surface area contributed by atoms with Crippen molar-refractivity contribution in [2.75, 3.05) is 10.2 Å². The van der Waals surface area contributed by atoms with Crippen molar-refractivity contribution in [3.8, 4) is 0 Å². The lowest BCUT2D eigenvalue weighted by molar-refractivity contribution is -0.134. The van der Waals surface area contributed by atoms with Crippen LogP contribution in [0.25, 0.3) is 0 Å². The fourth-order valence-corrected chi connectivity index (χ4v) is 4.15. The van der Waals surface area contributed by atoms with Crippen LogP contribution in [-0.4, -0.2) is 11.8 Å². The van der Waals surface area contributed by atoms with E-state index in [4.69, 9.17) is 0 Å². The monoisotopic (exact) mass is 438 g/mol. The van der Waals surface area contributed by atoms with Crippen molar-refractivity contribution in [3.05, 3.63) is 121 Å². The first-order valence-corrected chi connectivity index (χ1v) is 11.1. The molecule has 0 aromatic heterocycles. The molecule has 0 aliphatic heterocycles. The number of nitrogens with one attached hydrogen (secondary N) is 1. The number of carbonyl (C=O) groups excluding carboxylic acids is 2. The van der Waals surface area contributed by atoms with Gasteiger partial charge in [0.1, 0.15) is 0 Å². The number of rotatable bonds is 6. The molecule has 0 saturated carbocycles. The molecule has 4 aromatic rings. The molecule has 2 amide bonds. The highest BCUT2D eigenvalue weighted by molar-refractivity contribution is 7.99. The van der Waals surface area contributed by atoms with Crippen molar-refractivity contribution < 1.29 is 9.59 Å². The molecule has 0 saturated heterocycles. The van der Waals surface area contributed by atoms with Crippen molar-refractivity contribution >= 4 is 35.0 Å². The van der Waals surface area contributed by atoms with Gasteiger partial charge in [0.2, 0.25) is 0 Å². The predicted molar refractivity (Wildman–Crippen MR) is 130 cm³/mol. The van der Waals surface area contributed by atoms with Gasteiger partial charge in [-0.05, 0) is 42.0 Å². The zero-order valence-electron chi connectivity index (χ0n) is 17.3. The van der Waals surface area contributed by atoms with Gasteiger partial charge in [0.15, 0.2) is 0 Å². The summed E-state index contributed by atoms with van der Waals surface area (Å²) in [5.41, 5.74) is 2.22. The fraction of sp³-hybridized carbons (Fsp3) is 0.0370. The van der Waals surface area contributed by atoms with Crippen LogP contribution >= 0.6 is 11.8 Å². The van der Waals surface area contributed by atoms with Crippen molar-refractivity contribution in [2.45, 2.75) is 16.3 Å². The van der Waals surface area contributed by atoms with Crippen LogP contribution in [0.2, 0.25) is 0 Å². The summed E-state index contributed by atoms with van der Waals surface area (Å²) in [7, 11) is 0.